The van der Waals surface area contributed by atoms with E-state index in [-0.39, 0.29) is 0 Å². The minimum atomic E-state index is -1.45. The van der Waals surface area contributed by atoms with Crippen LogP contribution in [0.15, 0.2) is 36.5 Å². The molecular weight excluding hydrogens is 325 g/mol. The highest BCUT2D eigenvalue weighted by atomic mass is 19.1. The standard InChI is InChI=1S/C22H26FN3/c1-15-5-6-20-19(11-15)18-8-10-25(4)13-21(18)26(20)14-22(3,23)17-7-9-24-16(2)12-17/h5-7,9,11-12H,8,10,13-14H2,1-4H3. The summed E-state index contributed by atoms with van der Waals surface area (Å²) in [6.07, 6.45) is 2.72. The fourth-order valence-corrected chi connectivity index (χ4v) is 4.13. The highest BCUT2D eigenvalue weighted by Gasteiger charge is 2.31. The highest BCUT2D eigenvalue weighted by Crippen LogP contribution is 2.35. The number of benzene rings is 1. The van der Waals surface area contributed by atoms with Crippen molar-refractivity contribution in [3.05, 3.63) is 64.6 Å². The quantitative estimate of drug-likeness (QED) is 0.691. The SMILES string of the molecule is Cc1ccc2c(c1)c1c(n2CC(C)(F)c2ccnc(C)c2)CN(C)CC1. The Hall–Kier alpha value is -2.20. The van der Waals surface area contributed by atoms with Gasteiger partial charge in [-0.3, -0.25) is 4.98 Å². The van der Waals surface area contributed by atoms with Gasteiger partial charge in [0.15, 0.2) is 5.67 Å². The van der Waals surface area contributed by atoms with Crippen molar-refractivity contribution in [1.82, 2.24) is 14.5 Å². The first kappa shape index (κ1) is 17.2. The van der Waals surface area contributed by atoms with E-state index < -0.39 is 5.67 Å². The van der Waals surface area contributed by atoms with E-state index in [4.69, 9.17) is 0 Å². The highest BCUT2D eigenvalue weighted by molar-refractivity contribution is 5.86. The maximum Gasteiger partial charge on any atom is 0.151 e. The first-order valence-electron chi connectivity index (χ1n) is 9.26. The van der Waals surface area contributed by atoms with Crippen LogP contribution < -0.4 is 0 Å². The number of likely N-dealkylation sites (N-methyl/N-ethyl adjacent to an activating group) is 1. The van der Waals surface area contributed by atoms with E-state index in [9.17, 15) is 0 Å². The average Bonchev–Trinajstić information content (AvgIpc) is 2.87. The number of pyridine rings is 1. The van der Waals surface area contributed by atoms with Gasteiger partial charge in [0.05, 0.1) is 6.54 Å². The van der Waals surface area contributed by atoms with Crippen LogP contribution in [0.3, 0.4) is 0 Å². The summed E-state index contributed by atoms with van der Waals surface area (Å²) in [6.45, 7) is 7.95. The first-order chi connectivity index (χ1) is 12.3. The Kier molecular flexibility index (Phi) is 4.11. The van der Waals surface area contributed by atoms with Crippen molar-refractivity contribution in [2.75, 3.05) is 13.6 Å². The number of rotatable bonds is 3. The second kappa shape index (κ2) is 6.20. The van der Waals surface area contributed by atoms with Crippen LogP contribution in [0.5, 0.6) is 0 Å². The molecule has 3 aromatic rings. The van der Waals surface area contributed by atoms with Gasteiger partial charge in [-0.1, -0.05) is 11.6 Å². The molecule has 1 unspecified atom stereocenters. The molecule has 0 saturated carbocycles. The maximum atomic E-state index is 15.8. The Morgan fingerprint density at radius 3 is 2.77 bits per heavy atom. The summed E-state index contributed by atoms with van der Waals surface area (Å²) in [6, 6.07) is 10.2. The van der Waals surface area contributed by atoms with Crippen LogP contribution in [0.25, 0.3) is 10.9 Å². The molecule has 0 spiro atoms. The summed E-state index contributed by atoms with van der Waals surface area (Å²) >= 11 is 0. The zero-order chi connectivity index (χ0) is 18.5. The molecule has 0 fully saturated rings. The molecule has 26 heavy (non-hydrogen) atoms. The molecular formula is C22H26FN3. The van der Waals surface area contributed by atoms with Gasteiger partial charge < -0.3 is 9.47 Å². The second-order valence-corrected chi connectivity index (χ2v) is 7.90. The lowest BCUT2D eigenvalue weighted by Gasteiger charge is -2.28. The third-order valence-electron chi connectivity index (χ3n) is 5.56. The molecule has 1 aliphatic heterocycles. The van der Waals surface area contributed by atoms with Crippen LogP contribution >= 0.6 is 0 Å². The van der Waals surface area contributed by atoms with Gasteiger partial charge >= 0.3 is 0 Å². The summed E-state index contributed by atoms with van der Waals surface area (Å²) in [5.41, 5.74) is 5.14. The number of alkyl halides is 1. The number of hydrogen-bond acceptors (Lipinski definition) is 2. The van der Waals surface area contributed by atoms with Crippen molar-refractivity contribution >= 4 is 10.9 Å². The van der Waals surface area contributed by atoms with Crippen LogP contribution in [0.4, 0.5) is 4.39 Å². The van der Waals surface area contributed by atoms with Crippen molar-refractivity contribution in [3.63, 3.8) is 0 Å². The lowest BCUT2D eigenvalue weighted by atomic mass is 9.97. The van der Waals surface area contributed by atoms with E-state index in [0.29, 0.717) is 12.1 Å². The Balaban J connectivity index is 1.84. The number of halogens is 1. The molecule has 0 bridgehead atoms. The van der Waals surface area contributed by atoms with E-state index in [1.54, 1.807) is 19.2 Å². The molecule has 0 aliphatic carbocycles. The Morgan fingerprint density at radius 2 is 2.00 bits per heavy atom. The predicted octanol–water partition coefficient (Wildman–Crippen LogP) is 4.53. The fourth-order valence-electron chi connectivity index (χ4n) is 4.13. The third kappa shape index (κ3) is 2.92. The molecule has 2 aromatic heterocycles. The van der Waals surface area contributed by atoms with Gasteiger partial charge in [0.2, 0.25) is 0 Å². The molecule has 0 amide bonds. The molecule has 1 aromatic carbocycles. The van der Waals surface area contributed by atoms with E-state index in [1.807, 2.05) is 13.0 Å². The minimum absolute atomic E-state index is 0.319. The third-order valence-corrected chi connectivity index (χ3v) is 5.56. The summed E-state index contributed by atoms with van der Waals surface area (Å²) in [5, 5.41) is 1.29. The summed E-state index contributed by atoms with van der Waals surface area (Å²) in [7, 11) is 2.14. The first-order valence-corrected chi connectivity index (χ1v) is 9.26. The van der Waals surface area contributed by atoms with Gasteiger partial charge in [-0.25, -0.2) is 4.39 Å². The molecule has 3 heterocycles. The smallest absolute Gasteiger partial charge is 0.151 e. The van der Waals surface area contributed by atoms with E-state index in [2.05, 4.69) is 46.6 Å². The van der Waals surface area contributed by atoms with Gasteiger partial charge in [-0.15, -0.1) is 0 Å². The second-order valence-electron chi connectivity index (χ2n) is 7.90. The topological polar surface area (TPSA) is 21.1 Å². The van der Waals surface area contributed by atoms with Crippen LogP contribution in [0, 0.1) is 13.8 Å². The summed E-state index contributed by atoms with van der Waals surface area (Å²) < 4.78 is 18.0. The fraction of sp³-hybridized carbons (Fsp3) is 0.409. The monoisotopic (exact) mass is 351 g/mol. The normalized spacial score (nSPS) is 17.3. The van der Waals surface area contributed by atoms with Gasteiger partial charge in [0.1, 0.15) is 0 Å². The largest absolute Gasteiger partial charge is 0.339 e. The van der Waals surface area contributed by atoms with E-state index >= 15 is 4.39 Å². The molecule has 0 radical (unpaired) electrons. The van der Waals surface area contributed by atoms with Crippen LogP contribution in [-0.4, -0.2) is 28.0 Å². The van der Waals surface area contributed by atoms with Crippen molar-refractivity contribution in [1.29, 1.82) is 0 Å². The van der Waals surface area contributed by atoms with E-state index in [1.165, 1.54) is 22.2 Å². The molecule has 1 atom stereocenters. The number of aromatic nitrogens is 2. The molecule has 3 nitrogen and oxygen atoms in total. The van der Waals surface area contributed by atoms with Crippen LogP contribution in [-0.2, 0) is 25.2 Å². The number of hydrogen-bond donors (Lipinski definition) is 0. The van der Waals surface area contributed by atoms with Crippen LogP contribution in [0.1, 0.15) is 35.0 Å². The van der Waals surface area contributed by atoms with Crippen LogP contribution in [0.2, 0.25) is 0 Å². The molecule has 4 rings (SSSR count). The lowest BCUT2D eigenvalue weighted by Crippen LogP contribution is -2.30. The maximum absolute atomic E-state index is 15.8. The Morgan fingerprint density at radius 1 is 1.19 bits per heavy atom. The zero-order valence-electron chi connectivity index (χ0n) is 16.0. The minimum Gasteiger partial charge on any atom is -0.339 e. The zero-order valence-corrected chi connectivity index (χ0v) is 16.0. The van der Waals surface area contributed by atoms with Gasteiger partial charge in [-0.2, -0.15) is 0 Å². The molecule has 0 N–H and O–H groups in total. The number of nitrogens with zero attached hydrogens (tertiary/aromatic N) is 3. The van der Waals surface area contributed by atoms with E-state index in [0.717, 1.165) is 30.7 Å². The predicted molar refractivity (Wildman–Crippen MR) is 104 cm³/mol. The van der Waals surface area contributed by atoms with Crippen molar-refractivity contribution in [3.8, 4) is 0 Å². The number of aryl methyl sites for hydroxylation is 2. The van der Waals surface area contributed by atoms with Crippen molar-refractivity contribution in [2.45, 2.75) is 46.0 Å². The van der Waals surface area contributed by atoms with Crippen molar-refractivity contribution in [2.24, 2.45) is 0 Å². The molecule has 1 aliphatic rings. The Bertz CT molecular complexity index is 971. The summed E-state index contributed by atoms with van der Waals surface area (Å²) in [5.74, 6) is 0. The van der Waals surface area contributed by atoms with Crippen molar-refractivity contribution < 1.29 is 4.39 Å². The van der Waals surface area contributed by atoms with Gasteiger partial charge in [0, 0.05) is 41.6 Å². The molecule has 0 saturated heterocycles. The lowest BCUT2D eigenvalue weighted by molar-refractivity contribution is 0.159. The number of fused-ring (bicyclic) bond motifs is 3. The Labute approximate surface area is 154 Å². The van der Waals surface area contributed by atoms with Gasteiger partial charge in [0.25, 0.3) is 0 Å². The molecule has 136 valence electrons. The average molecular weight is 351 g/mol. The van der Waals surface area contributed by atoms with Gasteiger partial charge in [-0.05, 0) is 69.6 Å². The molecule has 4 heteroatoms. The summed E-state index contributed by atoms with van der Waals surface area (Å²) in [4.78, 5) is 6.53.